The number of hydrogen-bond acceptors (Lipinski definition) is 3. The quantitative estimate of drug-likeness (QED) is 0.856. The number of halogens is 2. The van der Waals surface area contributed by atoms with E-state index in [9.17, 15) is 0 Å². The van der Waals surface area contributed by atoms with Gasteiger partial charge < -0.3 is 14.8 Å². The van der Waals surface area contributed by atoms with Crippen LogP contribution in [0.1, 0.15) is 25.8 Å². The van der Waals surface area contributed by atoms with Gasteiger partial charge in [0.15, 0.2) is 11.5 Å². The van der Waals surface area contributed by atoms with Gasteiger partial charge in [-0.05, 0) is 47.0 Å². The summed E-state index contributed by atoms with van der Waals surface area (Å²) >= 11 is 3.49. The first kappa shape index (κ1) is 17.6. The monoisotopic (exact) mass is 337 g/mol. The average Bonchev–Trinajstić information content (AvgIpc) is 2.34. The molecule has 1 rings (SSSR count). The zero-order valence-corrected chi connectivity index (χ0v) is 13.7. The molecule has 0 spiro atoms. The zero-order valence-electron chi connectivity index (χ0n) is 11.2. The highest BCUT2D eigenvalue weighted by Gasteiger charge is 2.10. The smallest absolute Gasteiger partial charge is 0.174 e. The van der Waals surface area contributed by atoms with E-state index in [-0.39, 0.29) is 12.4 Å². The van der Waals surface area contributed by atoms with Gasteiger partial charge in [-0.25, -0.2) is 0 Å². The fraction of sp³-hybridized carbons (Fsp3) is 0.538. The van der Waals surface area contributed by atoms with Crippen LogP contribution < -0.4 is 14.8 Å². The Morgan fingerprint density at radius 1 is 1.28 bits per heavy atom. The van der Waals surface area contributed by atoms with E-state index in [0.717, 1.165) is 28.9 Å². The molecule has 0 heterocycles. The number of hydrogen-bond donors (Lipinski definition) is 1. The summed E-state index contributed by atoms with van der Waals surface area (Å²) in [6, 6.07) is 4.57. The Hall–Kier alpha value is -0.450. The molecule has 104 valence electrons. The predicted molar refractivity (Wildman–Crippen MR) is 81.1 cm³/mol. The summed E-state index contributed by atoms with van der Waals surface area (Å²) < 4.78 is 11.5. The molecule has 0 fully saturated rings. The van der Waals surface area contributed by atoms with Crippen molar-refractivity contribution >= 4 is 28.3 Å². The molecule has 0 aliphatic carbocycles. The highest BCUT2D eigenvalue weighted by Crippen LogP contribution is 2.36. The van der Waals surface area contributed by atoms with E-state index in [4.69, 9.17) is 9.47 Å². The summed E-state index contributed by atoms with van der Waals surface area (Å²) in [4.78, 5) is 0. The van der Waals surface area contributed by atoms with Crippen molar-refractivity contribution in [1.82, 2.24) is 5.32 Å². The van der Waals surface area contributed by atoms with Crippen molar-refractivity contribution in [3.8, 4) is 11.5 Å². The standard InChI is InChI=1S/C13H20BrNO2.ClH/c1-5-9(2)15-8-10-6-11(14)13(17-4)12(7-10)16-3;/h6-7,9,15H,5,8H2,1-4H3;1H. The van der Waals surface area contributed by atoms with E-state index in [1.165, 1.54) is 5.56 Å². The van der Waals surface area contributed by atoms with E-state index in [1.807, 2.05) is 6.07 Å². The minimum absolute atomic E-state index is 0. The summed E-state index contributed by atoms with van der Waals surface area (Å²) in [5.74, 6) is 1.49. The molecule has 1 unspecified atom stereocenters. The summed E-state index contributed by atoms with van der Waals surface area (Å²) in [5, 5.41) is 3.45. The van der Waals surface area contributed by atoms with Gasteiger partial charge in [-0.2, -0.15) is 0 Å². The first-order chi connectivity index (χ1) is 8.12. The Labute approximate surface area is 124 Å². The van der Waals surface area contributed by atoms with E-state index < -0.39 is 0 Å². The van der Waals surface area contributed by atoms with Crippen LogP contribution in [0.4, 0.5) is 0 Å². The number of ether oxygens (including phenoxy) is 2. The Morgan fingerprint density at radius 3 is 2.44 bits per heavy atom. The molecular formula is C13H21BrClNO2. The Bertz CT molecular complexity index is 374. The number of nitrogens with one attached hydrogen (secondary N) is 1. The van der Waals surface area contributed by atoms with Crippen LogP contribution >= 0.6 is 28.3 Å². The Morgan fingerprint density at radius 2 is 1.94 bits per heavy atom. The third-order valence-corrected chi connectivity index (χ3v) is 3.35. The molecule has 3 nitrogen and oxygen atoms in total. The second-order valence-electron chi connectivity index (χ2n) is 4.00. The second kappa shape index (κ2) is 8.62. The maximum atomic E-state index is 5.31. The lowest BCUT2D eigenvalue weighted by Gasteiger charge is -2.14. The van der Waals surface area contributed by atoms with Gasteiger partial charge in [0.25, 0.3) is 0 Å². The molecule has 0 amide bonds. The lowest BCUT2D eigenvalue weighted by Crippen LogP contribution is -2.24. The average molecular weight is 339 g/mol. The normalized spacial score (nSPS) is 11.6. The number of benzene rings is 1. The minimum Gasteiger partial charge on any atom is -0.493 e. The maximum Gasteiger partial charge on any atom is 0.174 e. The van der Waals surface area contributed by atoms with Gasteiger partial charge in [-0.1, -0.05) is 6.92 Å². The van der Waals surface area contributed by atoms with Crippen LogP contribution in [0.5, 0.6) is 11.5 Å². The van der Waals surface area contributed by atoms with Crippen molar-refractivity contribution in [3.63, 3.8) is 0 Å². The fourth-order valence-corrected chi connectivity index (χ4v) is 2.16. The number of rotatable bonds is 6. The van der Waals surface area contributed by atoms with Crippen LogP contribution in [-0.2, 0) is 6.54 Å². The highest BCUT2D eigenvalue weighted by atomic mass is 79.9. The minimum atomic E-state index is 0. The molecule has 0 aliphatic rings. The molecule has 1 aromatic carbocycles. The third kappa shape index (κ3) is 4.67. The van der Waals surface area contributed by atoms with Crippen molar-refractivity contribution in [2.24, 2.45) is 0 Å². The molecule has 18 heavy (non-hydrogen) atoms. The van der Waals surface area contributed by atoms with Crippen LogP contribution in [0.15, 0.2) is 16.6 Å². The first-order valence-electron chi connectivity index (χ1n) is 5.76. The van der Waals surface area contributed by atoms with E-state index in [1.54, 1.807) is 14.2 Å². The van der Waals surface area contributed by atoms with Gasteiger partial charge in [0, 0.05) is 12.6 Å². The van der Waals surface area contributed by atoms with Gasteiger partial charge in [0.1, 0.15) is 0 Å². The first-order valence-corrected chi connectivity index (χ1v) is 6.55. The molecule has 0 saturated heterocycles. The largest absolute Gasteiger partial charge is 0.493 e. The molecule has 0 aromatic heterocycles. The van der Waals surface area contributed by atoms with Crippen LogP contribution in [0.2, 0.25) is 0 Å². The zero-order chi connectivity index (χ0) is 12.8. The molecule has 0 aliphatic heterocycles. The molecule has 0 bridgehead atoms. The molecule has 0 radical (unpaired) electrons. The second-order valence-corrected chi connectivity index (χ2v) is 4.86. The van der Waals surface area contributed by atoms with Crippen LogP contribution in [0.3, 0.4) is 0 Å². The maximum absolute atomic E-state index is 5.31. The fourth-order valence-electron chi connectivity index (χ4n) is 1.51. The summed E-state index contributed by atoms with van der Waals surface area (Å²) in [7, 11) is 3.29. The molecule has 5 heteroatoms. The highest BCUT2D eigenvalue weighted by molar-refractivity contribution is 9.10. The summed E-state index contributed by atoms with van der Waals surface area (Å²) in [6.07, 6.45) is 1.12. The SMILES string of the molecule is CCC(C)NCc1cc(Br)c(OC)c(OC)c1.Cl. The topological polar surface area (TPSA) is 30.5 Å². The molecule has 1 atom stereocenters. The van der Waals surface area contributed by atoms with Gasteiger partial charge in [0.2, 0.25) is 0 Å². The van der Waals surface area contributed by atoms with Crippen molar-refractivity contribution in [2.75, 3.05) is 14.2 Å². The molecule has 1 aromatic rings. The third-order valence-electron chi connectivity index (χ3n) is 2.76. The van der Waals surface area contributed by atoms with Crippen LogP contribution in [-0.4, -0.2) is 20.3 Å². The van der Waals surface area contributed by atoms with Crippen molar-refractivity contribution in [1.29, 1.82) is 0 Å². The van der Waals surface area contributed by atoms with E-state index in [2.05, 4.69) is 41.2 Å². The van der Waals surface area contributed by atoms with Gasteiger partial charge in [0.05, 0.1) is 18.7 Å². The lowest BCUT2D eigenvalue weighted by molar-refractivity contribution is 0.352. The molecule has 1 N–H and O–H groups in total. The van der Waals surface area contributed by atoms with Gasteiger partial charge in [-0.3, -0.25) is 0 Å². The van der Waals surface area contributed by atoms with E-state index >= 15 is 0 Å². The molecule has 0 saturated carbocycles. The summed E-state index contributed by atoms with van der Waals surface area (Å²) in [6.45, 7) is 5.17. The Kier molecular flexibility index (Phi) is 8.40. The molecular weight excluding hydrogens is 318 g/mol. The van der Waals surface area contributed by atoms with Crippen LogP contribution in [0.25, 0.3) is 0 Å². The Balaban J connectivity index is 0.00000289. The predicted octanol–water partition coefficient (Wildman–Crippen LogP) is 3.78. The van der Waals surface area contributed by atoms with Crippen molar-refractivity contribution < 1.29 is 9.47 Å². The van der Waals surface area contributed by atoms with Gasteiger partial charge >= 0.3 is 0 Å². The van der Waals surface area contributed by atoms with E-state index in [0.29, 0.717) is 6.04 Å². The van der Waals surface area contributed by atoms with Gasteiger partial charge in [-0.15, -0.1) is 12.4 Å². The lowest BCUT2D eigenvalue weighted by atomic mass is 10.1. The van der Waals surface area contributed by atoms with Crippen molar-refractivity contribution in [3.05, 3.63) is 22.2 Å². The van der Waals surface area contributed by atoms with Crippen LogP contribution in [0, 0.1) is 0 Å². The number of methoxy groups -OCH3 is 2. The summed E-state index contributed by atoms with van der Waals surface area (Å²) in [5.41, 5.74) is 1.18. The van der Waals surface area contributed by atoms with Crippen molar-refractivity contribution in [2.45, 2.75) is 32.9 Å².